The third-order valence-electron chi connectivity index (χ3n) is 2.57. The zero-order chi connectivity index (χ0) is 14.5. The van der Waals surface area contributed by atoms with E-state index in [1.54, 1.807) is 18.3 Å². The van der Waals surface area contributed by atoms with Crippen molar-refractivity contribution in [3.63, 3.8) is 0 Å². The second-order valence-electron chi connectivity index (χ2n) is 4.02. The third-order valence-corrected chi connectivity index (χ3v) is 2.57. The lowest BCUT2D eigenvalue weighted by molar-refractivity contribution is 0.0906. The van der Waals surface area contributed by atoms with Crippen LogP contribution in [0.25, 0.3) is 11.5 Å². The van der Waals surface area contributed by atoms with Crippen molar-refractivity contribution in [1.82, 2.24) is 30.4 Å². The van der Waals surface area contributed by atoms with Crippen LogP contribution in [0, 0.1) is 0 Å². The van der Waals surface area contributed by atoms with E-state index in [1.807, 2.05) is 6.07 Å². The third kappa shape index (κ3) is 3.06. The van der Waals surface area contributed by atoms with Gasteiger partial charge < -0.3 is 9.84 Å². The lowest BCUT2D eigenvalue weighted by atomic mass is 10.3. The van der Waals surface area contributed by atoms with Crippen molar-refractivity contribution in [2.45, 2.75) is 6.54 Å². The van der Waals surface area contributed by atoms with E-state index in [-0.39, 0.29) is 18.3 Å². The molecule has 3 heterocycles. The first-order valence-corrected chi connectivity index (χ1v) is 6.11. The maximum Gasteiger partial charge on any atom is 0.316 e. The lowest BCUT2D eigenvalue weighted by Crippen LogP contribution is -2.23. The van der Waals surface area contributed by atoms with Gasteiger partial charge in [0.2, 0.25) is 5.82 Å². The van der Waals surface area contributed by atoms with Crippen LogP contribution in [0.1, 0.15) is 16.4 Å². The summed E-state index contributed by atoms with van der Waals surface area (Å²) in [6.45, 7) is 0.280. The Morgan fingerprint density at radius 1 is 1.19 bits per heavy atom. The van der Waals surface area contributed by atoms with Gasteiger partial charge in [0.15, 0.2) is 0 Å². The van der Waals surface area contributed by atoms with E-state index in [0.717, 1.165) is 5.69 Å². The molecule has 3 aromatic heterocycles. The number of amides is 1. The molecule has 0 saturated heterocycles. The van der Waals surface area contributed by atoms with Crippen LogP contribution in [0.4, 0.5) is 0 Å². The summed E-state index contributed by atoms with van der Waals surface area (Å²) < 4.78 is 4.91. The van der Waals surface area contributed by atoms with Crippen molar-refractivity contribution < 1.29 is 9.32 Å². The molecule has 0 aromatic carbocycles. The van der Waals surface area contributed by atoms with E-state index < -0.39 is 5.91 Å². The molecule has 0 radical (unpaired) electrons. The van der Waals surface area contributed by atoms with Crippen LogP contribution in [0.3, 0.4) is 0 Å². The molecular formula is C13H10N6O2. The maximum atomic E-state index is 11.9. The van der Waals surface area contributed by atoms with Crippen molar-refractivity contribution in [2.24, 2.45) is 0 Å². The van der Waals surface area contributed by atoms with Gasteiger partial charge in [0.25, 0.3) is 0 Å². The fourth-order valence-electron chi connectivity index (χ4n) is 1.58. The zero-order valence-corrected chi connectivity index (χ0v) is 10.8. The minimum absolute atomic E-state index is 0.133. The van der Waals surface area contributed by atoms with Crippen LogP contribution in [0.2, 0.25) is 0 Å². The Kier molecular flexibility index (Phi) is 3.59. The van der Waals surface area contributed by atoms with Gasteiger partial charge in [0.1, 0.15) is 5.69 Å². The van der Waals surface area contributed by atoms with Gasteiger partial charge in [-0.3, -0.25) is 14.8 Å². The second kappa shape index (κ2) is 5.87. The van der Waals surface area contributed by atoms with E-state index in [2.05, 4.69) is 30.4 Å². The highest BCUT2D eigenvalue weighted by Gasteiger charge is 2.16. The molecule has 0 saturated carbocycles. The molecule has 21 heavy (non-hydrogen) atoms. The molecule has 8 nitrogen and oxygen atoms in total. The van der Waals surface area contributed by atoms with E-state index in [9.17, 15) is 4.79 Å². The molecular weight excluding hydrogens is 272 g/mol. The van der Waals surface area contributed by atoms with E-state index >= 15 is 0 Å². The highest BCUT2D eigenvalue weighted by molar-refractivity contribution is 5.89. The fourth-order valence-corrected chi connectivity index (χ4v) is 1.58. The van der Waals surface area contributed by atoms with E-state index in [0.29, 0.717) is 5.69 Å². The number of pyridine rings is 1. The summed E-state index contributed by atoms with van der Waals surface area (Å²) in [5.74, 6) is -0.388. The molecule has 0 atom stereocenters. The quantitative estimate of drug-likeness (QED) is 0.755. The fraction of sp³-hybridized carbons (Fsp3) is 0.0769. The zero-order valence-electron chi connectivity index (χ0n) is 10.8. The SMILES string of the molecule is O=C(NCc1ccccn1)c1nc(-c2cnccn2)no1. The van der Waals surface area contributed by atoms with Gasteiger partial charge >= 0.3 is 11.8 Å². The summed E-state index contributed by atoms with van der Waals surface area (Å²) in [5.41, 5.74) is 1.17. The number of carbonyl (C=O) groups is 1. The molecule has 0 aliphatic heterocycles. The Morgan fingerprint density at radius 3 is 2.90 bits per heavy atom. The van der Waals surface area contributed by atoms with Gasteiger partial charge in [-0.05, 0) is 12.1 Å². The number of hydrogen-bond acceptors (Lipinski definition) is 7. The molecule has 1 N–H and O–H groups in total. The molecule has 3 rings (SSSR count). The predicted molar refractivity (Wildman–Crippen MR) is 70.7 cm³/mol. The molecule has 0 spiro atoms. The molecule has 8 heteroatoms. The molecule has 104 valence electrons. The monoisotopic (exact) mass is 282 g/mol. The minimum Gasteiger partial charge on any atom is -0.342 e. The molecule has 0 fully saturated rings. The summed E-state index contributed by atoms with van der Waals surface area (Å²) in [6, 6.07) is 5.45. The van der Waals surface area contributed by atoms with Crippen molar-refractivity contribution in [2.75, 3.05) is 0 Å². The van der Waals surface area contributed by atoms with Crippen LogP contribution >= 0.6 is 0 Å². The standard InChI is InChI=1S/C13H10N6O2/c20-12(17-7-9-3-1-2-4-15-9)13-18-11(19-21-13)10-8-14-5-6-16-10/h1-6,8H,7H2,(H,17,20). The number of hydrogen-bond donors (Lipinski definition) is 1. The van der Waals surface area contributed by atoms with E-state index in [4.69, 9.17) is 4.52 Å². The Balaban J connectivity index is 1.67. The molecule has 0 bridgehead atoms. The number of aromatic nitrogens is 5. The molecule has 0 unspecified atom stereocenters. The number of nitrogens with one attached hydrogen (secondary N) is 1. The van der Waals surface area contributed by atoms with Gasteiger partial charge in [0, 0.05) is 18.6 Å². The molecule has 0 aliphatic rings. The normalized spacial score (nSPS) is 10.3. The van der Waals surface area contributed by atoms with Crippen LogP contribution in [0.5, 0.6) is 0 Å². The largest absolute Gasteiger partial charge is 0.342 e. The van der Waals surface area contributed by atoms with Gasteiger partial charge in [-0.25, -0.2) is 4.98 Å². The smallest absolute Gasteiger partial charge is 0.316 e. The Morgan fingerprint density at radius 2 is 2.14 bits per heavy atom. The number of rotatable bonds is 4. The Labute approximate surface area is 119 Å². The van der Waals surface area contributed by atoms with Crippen LogP contribution in [-0.4, -0.2) is 31.0 Å². The van der Waals surface area contributed by atoms with Gasteiger partial charge in [0.05, 0.1) is 18.4 Å². The highest BCUT2D eigenvalue weighted by Crippen LogP contribution is 2.10. The second-order valence-corrected chi connectivity index (χ2v) is 4.02. The summed E-state index contributed by atoms with van der Waals surface area (Å²) in [5, 5.41) is 6.34. The first-order chi connectivity index (χ1) is 10.3. The van der Waals surface area contributed by atoms with Crippen molar-refractivity contribution in [3.8, 4) is 11.5 Å². The van der Waals surface area contributed by atoms with Crippen LogP contribution in [0.15, 0.2) is 47.5 Å². The van der Waals surface area contributed by atoms with E-state index in [1.165, 1.54) is 18.6 Å². The summed E-state index contributed by atoms with van der Waals surface area (Å²) in [4.78, 5) is 27.9. The van der Waals surface area contributed by atoms with Gasteiger partial charge in [-0.2, -0.15) is 4.98 Å². The Bertz CT molecular complexity index is 729. The summed E-state index contributed by atoms with van der Waals surface area (Å²) >= 11 is 0. The van der Waals surface area contributed by atoms with Gasteiger partial charge in [-0.15, -0.1) is 0 Å². The maximum absolute atomic E-state index is 11.9. The van der Waals surface area contributed by atoms with Crippen molar-refractivity contribution >= 4 is 5.91 Å². The van der Waals surface area contributed by atoms with Gasteiger partial charge in [-0.1, -0.05) is 11.2 Å². The van der Waals surface area contributed by atoms with Crippen molar-refractivity contribution in [3.05, 3.63) is 54.6 Å². The highest BCUT2D eigenvalue weighted by atomic mass is 16.5. The topological polar surface area (TPSA) is 107 Å². The molecule has 0 aliphatic carbocycles. The minimum atomic E-state index is -0.469. The summed E-state index contributed by atoms with van der Waals surface area (Å²) in [7, 11) is 0. The number of nitrogens with zero attached hydrogens (tertiary/aromatic N) is 5. The average Bonchev–Trinajstić information content (AvgIpc) is 3.04. The molecule has 3 aromatic rings. The van der Waals surface area contributed by atoms with Crippen molar-refractivity contribution in [1.29, 1.82) is 0 Å². The number of carbonyl (C=O) groups excluding carboxylic acids is 1. The predicted octanol–water partition coefficient (Wildman–Crippen LogP) is 0.852. The Hall–Kier alpha value is -3.16. The summed E-state index contributed by atoms with van der Waals surface area (Å²) in [6.07, 6.45) is 6.18. The molecule has 1 amide bonds. The van der Waals surface area contributed by atoms with Crippen LogP contribution in [-0.2, 0) is 6.54 Å². The first kappa shape index (κ1) is 12.9. The first-order valence-electron chi connectivity index (χ1n) is 6.11. The van der Waals surface area contributed by atoms with Crippen LogP contribution < -0.4 is 5.32 Å². The average molecular weight is 282 g/mol. The lowest BCUT2D eigenvalue weighted by Gasteiger charge is -2.00.